The first kappa shape index (κ1) is 7.39. The summed E-state index contributed by atoms with van der Waals surface area (Å²) in [6.07, 6.45) is 1.59. The highest BCUT2D eigenvalue weighted by molar-refractivity contribution is 7.80. The van der Waals surface area contributed by atoms with E-state index in [4.69, 9.17) is 5.73 Å². The summed E-state index contributed by atoms with van der Waals surface area (Å²) in [7, 11) is 0. The Hall–Kier alpha value is -0.610. The fourth-order valence-electron chi connectivity index (χ4n) is 0.172. The molecule has 0 aromatic carbocycles. The van der Waals surface area contributed by atoms with Crippen LogP contribution < -0.4 is 11.2 Å². The van der Waals surface area contributed by atoms with Crippen LogP contribution in [0.1, 0.15) is 0 Å². The average Bonchev–Trinajstić information content (AvgIpc) is 1.66. The minimum absolute atomic E-state index is 0.131. The van der Waals surface area contributed by atoms with Crippen LogP contribution in [-0.4, -0.2) is 11.7 Å². The molecule has 4 heteroatoms. The minimum Gasteiger partial charge on any atom is -0.375 e. The van der Waals surface area contributed by atoms with Crippen molar-refractivity contribution in [2.75, 3.05) is 6.61 Å². The maximum absolute atomic E-state index is 4.99. The van der Waals surface area contributed by atoms with Crippen molar-refractivity contribution in [2.45, 2.75) is 0 Å². The van der Waals surface area contributed by atoms with Gasteiger partial charge in [0.15, 0.2) is 5.11 Å². The van der Waals surface area contributed by atoms with Gasteiger partial charge >= 0.3 is 0 Å². The van der Waals surface area contributed by atoms with Crippen molar-refractivity contribution in [3.63, 3.8) is 0 Å². The van der Waals surface area contributed by atoms with E-state index in [-0.39, 0.29) is 5.11 Å². The summed E-state index contributed by atoms with van der Waals surface area (Å²) in [4.78, 5) is 4.61. The van der Waals surface area contributed by atoms with Crippen LogP contribution in [-0.2, 0) is 4.84 Å². The number of nitrogens with one attached hydrogen (secondary N) is 1. The third-order valence-corrected chi connectivity index (χ3v) is 0.457. The lowest BCUT2D eigenvalue weighted by Gasteiger charge is -1.98. The van der Waals surface area contributed by atoms with E-state index in [0.717, 1.165) is 0 Å². The van der Waals surface area contributed by atoms with E-state index in [1.165, 1.54) is 0 Å². The monoisotopic (exact) mass is 132 g/mol. The molecule has 0 aliphatic rings. The second-order valence-corrected chi connectivity index (χ2v) is 1.51. The van der Waals surface area contributed by atoms with Crippen LogP contribution in [0.4, 0.5) is 0 Å². The Kier molecular flexibility index (Phi) is 4.20. The molecule has 0 atom stereocenters. The Morgan fingerprint density at radius 3 is 3.00 bits per heavy atom. The third kappa shape index (κ3) is 5.39. The van der Waals surface area contributed by atoms with E-state index in [0.29, 0.717) is 6.61 Å². The van der Waals surface area contributed by atoms with E-state index in [1.807, 2.05) is 0 Å². The number of hydroxylamine groups is 1. The maximum Gasteiger partial charge on any atom is 0.187 e. The molecule has 8 heavy (non-hydrogen) atoms. The summed E-state index contributed by atoms with van der Waals surface area (Å²) in [5.41, 5.74) is 7.28. The summed E-state index contributed by atoms with van der Waals surface area (Å²) in [6, 6.07) is 0. The van der Waals surface area contributed by atoms with E-state index >= 15 is 0 Å². The Morgan fingerprint density at radius 1 is 2.00 bits per heavy atom. The van der Waals surface area contributed by atoms with E-state index < -0.39 is 0 Å². The van der Waals surface area contributed by atoms with Crippen molar-refractivity contribution >= 4 is 17.3 Å². The smallest absolute Gasteiger partial charge is 0.187 e. The average molecular weight is 132 g/mol. The predicted octanol–water partition coefficient (Wildman–Crippen LogP) is -0.0628. The minimum atomic E-state index is 0.131. The molecule has 0 unspecified atom stereocenters. The Bertz CT molecular complexity index is 94.0. The standard InChI is InChI=1S/C4H8N2OS/c1-2-3-7-6-4(5)8/h2H,1,3H2,(H3,5,6,8). The van der Waals surface area contributed by atoms with Gasteiger partial charge in [0.2, 0.25) is 0 Å². The number of thiocarbonyl (C=S) groups is 1. The Labute approximate surface area is 53.5 Å². The predicted molar refractivity (Wildman–Crippen MR) is 36.1 cm³/mol. The van der Waals surface area contributed by atoms with Crippen molar-refractivity contribution < 1.29 is 4.84 Å². The van der Waals surface area contributed by atoms with Crippen LogP contribution in [0.3, 0.4) is 0 Å². The van der Waals surface area contributed by atoms with Crippen LogP contribution in [0.5, 0.6) is 0 Å². The molecule has 0 heterocycles. The van der Waals surface area contributed by atoms with Gasteiger partial charge < -0.3 is 5.73 Å². The summed E-state index contributed by atoms with van der Waals surface area (Å²) in [6.45, 7) is 3.81. The fraction of sp³-hybridized carbons (Fsp3) is 0.250. The molecule has 0 saturated heterocycles. The number of hydrogen-bond acceptors (Lipinski definition) is 2. The van der Waals surface area contributed by atoms with Gasteiger partial charge in [-0.05, 0) is 12.2 Å². The van der Waals surface area contributed by atoms with Crippen molar-refractivity contribution in [1.82, 2.24) is 5.48 Å². The molecule has 0 aliphatic carbocycles. The number of hydrogen-bond donors (Lipinski definition) is 2. The van der Waals surface area contributed by atoms with Gasteiger partial charge in [-0.1, -0.05) is 6.08 Å². The Morgan fingerprint density at radius 2 is 2.62 bits per heavy atom. The third-order valence-electron chi connectivity index (χ3n) is 0.374. The van der Waals surface area contributed by atoms with Gasteiger partial charge in [0.05, 0.1) is 6.61 Å². The molecular weight excluding hydrogens is 124 g/mol. The molecule has 0 aromatic heterocycles. The summed E-state index contributed by atoms with van der Waals surface area (Å²) in [5.74, 6) is 0. The zero-order valence-electron chi connectivity index (χ0n) is 4.39. The molecule has 0 aliphatic heterocycles. The molecule has 46 valence electrons. The van der Waals surface area contributed by atoms with Gasteiger partial charge in [0, 0.05) is 0 Å². The van der Waals surface area contributed by atoms with Crippen molar-refractivity contribution in [3.05, 3.63) is 12.7 Å². The first-order chi connectivity index (χ1) is 3.77. The van der Waals surface area contributed by atoms with Crippen molar-refractivity contribution in [3.8, 4) is 0 Å². The molecule has 3 N–H and O–H groups in total. The molecule has 0 aromatic rings. The second-order valence-electron chi connectivity index (χ2n) is 1.07. The lowest BCUT2D eigenvalue weighted by molar-refractivity contribution is 0.112. The zero-order chi connectivity index (χ0) is 6.41. The molecule has 0 radical (unpaired) electrons. The van der Waals surface area contributed by atoms with Crippen molar-refractivity contribution in [2.24, 2.45) is 5.73 Å². The van der Waals surface area contributed by atoms with Crippen LogP contribution in [0.2, 0.25) is 0 Å². The Balaban J connectivity index is 2.93. The molecule has 0 saturated carbocycles. The first-order valence-electron chi connectivity index (χ1n) is 2.05. The molecule has 0 bridgehead atoms. The summed E-state index contributed by atoms with van der Waals surface area (Å²) < 4.78 is 0. The van der Waals surface area contributed by atoms with Crippen LogP contribution >= 0.6 is 12.2 Å². The van der Waals surface area contributed by atoms with Crippen molar-refractivity contribution in [1.29, 1.82) is 0 Å². The normalized spacial score (nSPS) is 8.00. The van der Waals surface area contributed by atoms with Gasteiger partial charge in [0.25, 0.3) is 0 Å². The van der Waals surface area contributed by atoms with Gasteiger partial charge in [0.1, 0.15) is 0 Å². The SMILES string of the molecule is C=CCONC(N)=S. The van der Waals surface area contributed by atoms with E-state index in [2.05, 4.69) is 29.1 Å². The van der Waals surface area contributed by atoms with Gasteiger partial charge in [-0.15, -0.1) is 6.58 Å². The topological polar surface area (TPSA) is 47.3 Å². The van der Waals surface area contributed by atoms with Gasteiger partial charge in [-0.3, -0.25) is 4.84 Å². The molecule has 0 fully saturated rings. The molecule has 0 spiro atoms. The summed E-state index contributed by atoms with van der Waals surface area (Å²) >= 11 is 4.42. The quantitative estimate of drug-likeness (QED) is 0.244. The molecular formula is C4H8N2OS. The maximum atomic E-state index is 4.99. The number of nitrogens with two attached hydrogens (primary N) is 1. The fourth-order valence-corrected chi connectivity index (χ4v) is 0.231. The highest BCUT2D eigenvalue weighted by Crippen LogP contribution is 1.65. The zero-order valence-corrected chi connectivity index (χ0v) is 5.20. The molecule has 0 amide bonds. The van der Waals surface area contributed by atoms with Gasteiger partial charge in [-0.25, -0.2) is 5.48 Å². The van der Waals surface area contributed by atoms with Crippen LogP contribution in [0, 0.1) is 0 Å². The number of rotatable bonds is 3. The first-order valence-corrected chi connectivity index (χ1v) is 2.46. The highest BCUT2D eigenvalue weighted by Gasteiger charge is 1.80. The largest absolute Gasteiger partial charge is 0.375 e. The van der Waals surface area contributed by atoms with Crippen LogP contribution in [0.15, 0.2) is 12.7 Å². The van der Waals surface area contributed by atoms with E-state index in [9.17, 15) is 0 Å². The highest BCUT2D eigenvalue weighted by atomic mass is 32.1. The lowest BCUT2D eigenvalue weighted by atomic mass is 10.7. The van der Waals surface area contributed by atoms with Crippen LogP contribution in [0.25, 0.3) is 0 Å². The molecule has 3 nitrogen and oxygen atoms in total. The van der Waals surface area contributed by atoms with E-state index in [1.54, 1.807) is 6.08 Å². The van der Waals surface area contributed by atoms with Gasteiger partial charge in [-0.2, -0.15) is 0 Å². The lowest BCUT2D eigenvalue weighted by Crippen LogP contribution is -2.29. The summed E-state index contributed by atoms with van der Waals surface area (Å²) in [5, 5.41) is 0.131. The second kappa shape index (κ2) is 4.55. The molecule has 0 rings (SSSR count).